The average Bonchev–Trinajstić information content (AvgIpc) is 1.57. The Morgan fingerprint density at radius 1 is 1.22 bits per heavy atom. The van der Waals surface area contributed by atoms with E-state index in [-0.39, 0.29) is 0 Å². The Morgan fingerprint density at radius 2 is 1.67 bits per heavy atom. The van der Waals surface area contributed by atoms with Gasteiger partial charge in [-0.15, -0.1) is -2.15 Å². The van der Waals surface area contributed by atoms with E-state index in [1.54, 1.807) is 0 Å². The lowest BCUT2D eigenvalue weighted by molar-refractivity contribution is 1.66. The maximum Gasteiger partial charge on any atom is 0.0111 e. The first-order chi connectivity index (χ1) is 3.81. The van der Waals surface area contributed by atoms with Crippen LogP contribution < -0.4 is 0 Å². The van der Waals surface area contributed by atoms with E-state index in [4.69, 9.17) is 0 Å². The number of hydrogen-bond acceptors (Lipinski definition) is 0. The fourth-order valence-corrected chi connectivity index (χ4v) is 3.52. The van der Waals surface area contributed by atoms with Gasteiger partial charge in [-0.3, -0.25) is 0 Å². The van der Waals surface area contributed by atoms with Crippen LogP contribution in [0.5, 0.6) is 0 Å². The molecule has 0 saturated heterocycles. The zero-order valence-electron chi connectivity index (χ0n) is 4.82. The van der Waals surface area contributed by atoms with Crippen LogP contribution in [-0.2, 0) is 0 Å². The molecule has 0 aliphatic carbocycles. The van der Waals surface area contributed by atoms with Crippen LogP contribution >= 0.6 is 82.7 Å². The van der Waals surface area contributed by atoms with Crippen molar-refractivity contribution in [1.29, 1.82) is 0 Å². The van der Waals surface area contributed by atoms with Crippen molar-refractivity contribution in [1.82, 2.24) is 0 Å². The first-order valence-electron chi connectivity index (χ1n) is 2.31. The summed E-state index contributed by atoms with van der Waals surface area (Å²) in [5, 5.41) is 0. The van der Waals surface area contributed by atoms with E-state index >= 15 is 0 Å². The third kappa shape index (κ3) is 11.0. The number of rotatable bonds is 2. The molecule has 0 radical (unpaired) electrons. The summed E-state index contributed by atoms with van der Waals surface area (Å²) in [6.45, 7) is 2.07. The van der Waals surface area contributed by atoms with Crippen molar-refractivity contribution in [2.75, 3.05) is 5.75 Å². The maximum absolute atomic E-state index is 2.57. The number of halogens is 4. The van der Waals surface area contributed by atoms with E-state index in [2.05, 4.69) is 104 Å². The molecule has 0 saturated carbocycles. The van der Waals surface area contributed by atoms with Crippen LogP contribution in [0.15, 0.2) is 12.2 Å². The minimum atomic E-state index is -1.33. The first kappa shape index (κ1) is 12.0. The molecule has 0 aromatic carbocycles. The van der Waals surface area contributed by atoms with Crippen molar-refractivity contribution < 1.29 is 0 Å². The van der Waals surface area contributed by atoms with Gasteiger partial charge in [-0.25, -0.2) is 0 Å². The van der Waals surface area contributed by atoms with Gasteiger partial charge < -0.3 is 0 Å². The molecule has 0 unspecified atom stereocenters. The first-order valence-corrected chi connectivity index (χ1v) is 15.9. The molecular weight excluding hydrogens is 588 g/mol. The smallest absolute Gasteiger partial charge is 0.0111 e. The average molecular weight is 596 g/mol. The Balaban J connectivity index is 3.89. The van der Waals surface area contributed by atoms with Crippen molar-refractivity contribution in [3.63, 3.8) is 0 Å². The molecule has 0 N–H and O–H groups in total. The standard InChI is InChI=1S/C4H8I4S/c1-2-3-4-9(5,6,7)8/h2-3,9H,4H2,1H3/b3-2-. The van der Waals surface area contributed by atoms with Gasteiger partial charge in [0.2, 0.25) is 0 Å². The topological polar surface area (TPSA) is 0 Å². The molecule has 0 spiro atoms. The van der Waals surface area contributed by atoms with Crippen LogP contribution in [0.25, 0.3) is 0 Å². The molecule has 0 aliphatic rings. The quantitative estimate of drug-likeness (QED) is 0.258. The molecule has 0 heterocycles. The molecule has 0 aromatic heterocycles. The highest BCUT2D eigenvalue weighted by Crippen LogP contribution is 2.95. The SMILES string of the molecule is C/C=C\C[SH](I)(I)(I)I. The fourth-order valence-electron chi connectivity index (χ4n) is 0.265. The van der Waals surface area contributed by atoms with Gasteiger partial charge in [0.25, 0.3) is 0 Å². The zero-order valence-corrected chi connectivity index (χ0v) is 14.3. The molecule has 0 rings (SSSR count). The summed E-state index contributed by atoms with van der Waals surface area (Å²) >= 11 is 10.3. The molecule has 5 heteroatoms. The lowest BCUT2D eigenvalue weighted by atomic mass is 10.6. The van der Waals surface area contributed by atoms with Crippen molar-refractivity contribution in [3.8, 4) is 0 Å². The lowest BCUT2D eigenvalue weighted by Crippen LogP contribution is -1.82. The zero-order chi connectivity index (χ0) is 7.57. The Labute approximate surface area is 105 Å². The number of hydrogen-bond donors (Lipinski definition) is 1. The summed E-state index contributed by atoms with van der Waals surface area (Å²) < 4.78 is -1.33. The Hall–Kier alpha value is 3.01. The molecular formula is C4H8I4S. The van der Waals surface area contributed by atoms with Gasteiger partial charge in [0, 0.05) is 5.75 Å². The van der Waals surface area contributed by atoms with Crippen molar-refractivity contribution >= 4 is 82.7 Å². The summed E-state index contributed by atoms with van der Waals surface area (Å²) in [4.78, 5) is 0. The molecule has 0 fully saturated rings. The van der Waals surface area contributed by atoms with Crippen LogP contribution in [-0.4, -0.2) is 5.75 Å². The maximum atomic E-state index is 2.57. The highest BCUT2D eigenvalue weighted by atomic mass is 127. The van der Waals surface area contributed by atoms with Crippen molar-refractivity contribution in [3.05, 3.63) is 12.2 Å². The van der Waals surface area contributed by atoms with Gasteiger partial charge in [0.1, 0.15) is 0 Å². The van der Waals surface area contributed by atoms with Crippen molar-refractivity contribution in [2.24, 2.45) is 0 Å². The molecule has 0 aliphatic heterocycles. The van der Waals surface area contributed by atoms with E-state index in [0.29, 0.717) is 0 Å². The second-order valence-electron chi connectivity index (χ2n) is 1.61. The highest BCUT2D eigenvalue weighted by Gasteiger charge is 2.24. The fraction of sp³-hybridized carbons (Fsp3) is 0.500. The summed E-state index contributed by atoms with van der Waals surface area (Å²) in [5.74, 6) is 1.23. The predicted molar refractivity (Wildman–Crippen MR) is 84.7 cm³/mol. The minimum absolute atomic E-state index is 1.23. The van der Waals surface area contributed by atoms with Crippen LogP contribution in [0.1, 0.15) is 6.92 Å². The Bertz CT molecular complexity index is 113. The summed E-state index contributed by atoms with van der Waals surface area (Å²) in [5.41, 5.74) is 0. The predicted octanol–water partition coefficient (Wildman–Crippen LogP) is 5.04. The van der Waals surface area contributed by atoms with Gasteiger partial charge in [-0.1, -0.05) is 12.2 Å². The summed E-state index contributed by atoms with van der Waals surface area (Å²) in [6.07, 6.45) is 4.37. The molecule has 0 nitrogen and oxygen atoms in total. The van der Waals surface area contributed by atoms with Crippen LogP contribution in [0.3, 0.4) is 0 Å². The molecule has 0 bridgehead atoms. The second-order valence-corrected chi connectivity index (χ2v) is 62.5. The largest absolute Gasteiger partial charge is 0.113 e. The van der Waals surface area contributed by atoms with Crippen LogP contribution in [0.2, 0.25) is 0 Å². The molecule has 0 amide bonds. The van der Waals surface area contributed by atoms with E-state index < -0.39 is -2.15 Å². The van der Waals surface area contributed by atoms with E-state index in [0.717, 1.165) is 0 Å². The number of allylic oxidation sites excluding steroid dienone is 1. The van der Waals surface area contributed by atoms with Crippen molar-refractivity contribution in [2.45, 2.75) is 6.92 Å². The van der Waals surface area contributed by atoms with Crippen LogP contribution in [0.4, 0.5) is 0 Å². The highest BCUT2D eigenvalue weighted by molar-refractivity contribution is 14.6. The van der Waals surface area contributed by atoms with Gasteiger partial charge in [0.15, 0.2) is 0 Å². The molecule has 58 valence electrons. The molecule has 0 atom stereocenters. The summed E-state index contributed by atoms with van der Waals surface area (Å²) in [7, 11) is 0. The number of thiol groups is 1. The third-order valence-electron chi connectivity index (χ3n) is 0.617. The van der Waals surface area contributed by atoms with E-state index in [9.17, 15) is 0 Å². The monoisotopic (exact) mass is 596 g/mol. The lowest BCUT2D eigenvalue weighted by Gasteiger charge is -2.36. The Kier molecular flexibility index (Phi) is 5.74. The van der Waals surface area contributed by atoms with Gasteiger partial charge >= 0.3 is 0 Å². The van der Waals surface area contributed by atoms with Crippen LogP contribution in [0, 0.1) is 0 Å². The third-order valence-corrected chi connectivity index (χ3v) is 6.11. The molecule has 9 heavy (non-hydrogen) atoms. The Morgan fingerprint density at radius 3 is 1.78 bits per heavy atom. The molecule has 0 aromatic rings. The second kappa shape index (κ2) is 4.30. The normalized spacial score (nSPS) is 17.7. The minimum Gasteiger partial charge on any atom is -0.113 e. The van der Waals surface area contributed by atoms with Gasteiger partial charge in [0.05, 0.1) is 0 Å². The van der Waals surface area contributed by atoms with E-state index in [1.807, 2.05) is 0 Å². The van der Waals surface area contributed by atoms with Gasteiger partial charge in [-0.2, -0.15) is 0 Å². The summed E-state index contributed by atoms with van der Waals surface area (Å²) in [6, 6.07) is 0. The van der Waals surface area contributed by atoms with Gasteiger partial charge in [-0.05, 0) is 91.7 Å². The van der Waals surface area contributed by atoms with E-state index in [1.165, 1.54) is 5.75 Å².